The molecule has 1 heterocycles. The molecule has 0 aromatic heterocycles. The van der Waals surface area contributed by atoms with E-state index in [-0.39, 0.29) is 11.6 Å². The number of allylic oxidation sites excluding steroid dienone is 3. The summed E-state index contributed by atoms with van der Waals surface area (Å²) in [5.41, 5.74) is 7.54. The molecule has 1 fully saturated rings. The Morgan fingerprint density at radius 1 is 1.44 bits per heavy atom. The maximum absolute atomic E-state index is 10.9. The van der Waals surface area contributed by atoms with Crippen molar-refractivity contribution in [1.29, 1.82) is 5.41 Å². The van der Waals surface area contributed by atoms with Crippen molar-refractivity contribution in [2.75, 3.05) is 26.3 Å². The SMILES string of the molecule is CC(=O)N=C1C=CC(N2CCOCC2)=C(N)C1=N. The summed E-state index contributed by atoms with van der Waals surface area (Å²) in [6.45, 7) is 4.18. The largest absolute Gasteiger partial charge is 0.395 e. The molecular formula is C12H16N4O2. The van der Waals surface area contributed by atoms with E-state index in [1.54, 1.807) is 12.2 Å². The zero-order valence-corrected chi connectivity index (χ0v) is 10.3. The van der Waals surface area contributed by atoms with Crippen molar-refractivity contribution in [3.05, 3.63) is 23.5 Å². The van der Waals surface area contributed by atoms with Crippen molar-refractivity contribution < 1.29 is 9.53 Å². The summed E-state index contributed by atoms with van der Waals surface area (Å²) in [4.78, 5) is 16.8. The molecule has 0 atom stereocenters. The van der Waals surface area contributed by atoms with Gasteiger partial charge in [-0.15, -0.1) is 0 Å². The molecule has 1 aliphatic carbocycles. The fourth-order valence-corrected chi connectivity index (χ4v) is 1.94. The lowest BCUT2D eigenvalue weighted by Gasteiger charge is -2.32. The van der Waals surface area contributed by atoms with Crippen molar-refractivity contribution in [3.8, 4) is 0 Å². The lowest BCUT2D eigenvalue weighted by molar-refractivity contribution is -0.115. The van der Waals surface area contributed by atoms with Crippen LogP contribution < -0.4 is 5.73 Å². The Kier molecular flexibility index (Phi) is 3.57. The fourth-order valence-electron chi connectivity index (χ4n) is 1.94. The van der Waals surface area contributed by atoms with E-state index in [9.17, 15) is 4.79 Å². The van der Waals surface area contributed by atoms with Crippen LogP contribution >= 0.6 is 0 Å². The summed E-state index contributed by atoms with van der Waals surface area (Å²) in [5, 5.41) is 7.92. The molecule has 0 saturated carbocycles. The third-order valence-electron chi connectivity index (χ3n) is 2.83. The number of hydrogen-bond acceptors (Lipinski definition) is 5. The number of rotatable bonds is 1. The van der Waals surface area contributed by atoms with E-state index in [0.29, 0.717) is 24.6 Å². The fraction of sp³-hybridized carbons (Fsp3) is 0.417. The van der Waals surface area contributed by atoms with E-state index in [4.69, 9.17) is 15.9 Å². The molecule has 2 rings (SSSR count). The number of nitrogens with zero attached hydrogens (tertiary/aromatic N) is 2. The zero-order valence-electron chi connectivity index (χ0n) is 10.3. The quantitative estimate of drug-likeness (QED) is 0.642. The van der Waals surface area contributed by atoms with Crippen LogP contribution in [0.3, 0.4) is 0 Å². The Bertz CT molecular complexity index is 470. The normalized spacial score (nSPS) is 22.8. The van der Waals surface area contributed by atoms with Gasteiger partial charge in [0.15, 0.2) is 0 Å². The van der Waals surface area contributed by atoms with Crippen LogP contribution in [0.4, 0.5) is 0 Å². The topological polar surface area (TPSA) is 91.8 Å². The first kappa shape index (κ1) is 12.5. The predicted octanol–water partition coefficient (Wildman–Crippen LogP) is 0.0660. The van der Waals surface area contributed by atoms with Crippen molar-refractivity contribution in [1.82, 2.24) is 4.90 Å². The Morgan fingerprint density at radius 3 is 2.72 bits per heavy atom. The molecule has 1 aliphatic heterocycles. The third kappa shape index (κ3) is 2.48. The number of carbonyl (C=O) groups is 1. The van der Waals surface area contributed by atoms with Gasteiger partial charge in [0, 0.05) is 20.0 Å². The molecule has 0 radical (unpaired) electrons. The van der Waals surface area contributed by atoms with Crippen LogP contribution in [0.5, 0.6) is 0 Å². The maximum atomic E-state index is 10.9. The van der Waals surface area contributed by atoms with E-state index in [1.807, 2.05) is 0 Å². The van der Waals surface area contributed by atoms with E-state index < -0.39 is 0 Å². The minimum atomic E-state index is -0.331. The van der Waals surface area contributed by atoms with Gasteiger partial charge in [0.25, 0.3) is 0 Å². The van der Waals surface area contributed by atoms with Crippen molar-refractivity contribution in [2.45, 2.75) is 6.92 Å². The molecule has 3 N–H and O–H groups in total. The van der Waals surface area contributed by atoms with Gasteiger partial charge in [0.05, 0.1) is 30.3 Å². The summed E-state index contributed by atoms with van der Waals surface area (Å²) >= 11 is 0. The van der Waals surface area contributed by atoms with Gasteiger partial charge in [0.1, 0.15) is 5.71 Å². The Labute approximate surface area is 105 Å². The van der Waals surface area contributed by atoms with Crippen LogP contribution in [0.25, 0.3) is 0 Å². The zero-order chi connectivity index (χ0) is 13.1. The standard InChI is InChI=1S/C12H16N4O2/c1-8(17)15-9-2-3-10(12(14)11(9)13)16-4-6-18-7-5-16/h2-3,13H,4-7,14H2,1H3. The van der Waals surface area contributed by atoms with Crippen LogP contribution in [0.2, 0.25) is 0 Å². The minimum Gasteiger partial charge on any atom is -0.395 e. The van der Waals surface area contributed by atoms with Gasteiger partial charge in [-0.3, -0.25) is 10.2 Å². The van der Waals surface area contributed by atoms with Crippen molar-refractivity contribution in [3.63, 3.8) is 0 Å². The van der Waals surface area contributed by atoms with Crippen LogP contribution in [0.1, 0.15) is 6.92 Å². The average Bonchev–Trinajstić information content (AvgIpc) is 2.36. The summed E-state index contributed by atoms with van der Waals surface area (Å²) in [6, 6.07) is 0. The highest BCUT2D eigenvalue weighted by Crippen LogP contribution is 2.17. The third-order valence-corrected chi connectivity index (χ3v) is 2.83. The number of carbonyl (C=O) groups excluding carboxylic acids is 1. The molecular weight excluding hydrogens is 232 g/mol. The molecule has 6 nitrogen and oxygen atoms in total. The lowest BCUT2D eigenvalue weighted by Crippen LogP contribution is -2.39. The molecule has 0 aromatic rings. The van der Waals surface area contributed by atoms with Crippen LogP contribution in [0, 0.1) is 5.41 Å². The first-order chi connectivity index (χ1) is 8.59. The average molecular weight is 248 g/mol. The Morgan fingerprint density at radius 2 is 2.11 bits per heavy atom. The van der Waals surface area contributed by atoms with Gasteiger partial charge in [0.2, 0.25) is 5.91 Å². The second-order valence-corrected chi connectivity index (χ2v) is 4.12. The number of hydrogen-bond donors (Lipinski definition) is 2. The maximum Gasteiger partial charge on any atom is 0.243 e. The first-order valence-electron chi connectivity index (χ1n) is 5.78. The van der Waals surface area contributed by atoms with Gasteiger partial charge in [-0.1, -0.05) is 0 Å². The second kappa shape index (κ2) is 5.14. The number of nitrogens with one attached hydrogen (secondary N) is 1. The van der Waals surface area contributed by atoms with Crippen molar-refractivity contribution >= 4 is 17.3 Å². The van der Waals surface area contributed by atoms with E-state index in [2.05, 4.69) is 9.89 Å². The highest BCUT2D eigenvalue weighted by atomic mass is 16.5. The van der Waals surface area contributed by atoms with Gasteiger partial charge in [-0.2, -0.15) is 0 Å². The molecule has 18 heavy (non-hydrogen) atoms. The molecule has 0 spiro atoms. The van der Waals surface area contributed by atoms with E-state index in [0.717, 1.165) is 18.8 Å². The number of aliphatic imine (C=N–C) groups is 1. The summed E-state index contributed by atoms with van der Waals surface area (Å²) in [7, 11) is 0. The van der Waals surface area contributed by atoms with E-state index in [1.165, 1.54) is 6.92 Å². The Hall–Kier alpha value is -1.95. The molecule has 1 amide bonds. The number of morpholine rings is 1. The smallest absolute Gasteiger partial charge is 0.243 e. The van der Waals surface area contributed by atoms with Gasteiger partial charge in [-0.25, -0.2) is 4.99 Å². The number of amides is 1. The minimum absolute atomic E-state index is 0.106. The monoisotopic (exact) mass is 248 g/mol. The second-order valence-electron chi connectivity index (χ2n) is 4.12. The molecule has 1 saturated heterocycles. The number of nitrogens with two attached hydrogens (primary N) is 1. The Balaban J connectivity index is 2.24. The molecule has 96 valence electrons. The molecule has 6 heteroatoms. The van der Waals surface area contributed by atoms with E-state index >= 15 is 0 Å². The highest BCUT2D eigenvalue weighted by Gasteiger charge is 2.22. The molecule has 0 aromatic carbocycles. The molecule has 0 unspecified atom stereocenters. The predicted molar refractivity (Wildman–Crippen MR) is 68.6 cm³/mol. The van der Waals surface area contributed by atoms with Gasteiger partial charge < -0.3 is 15.4 Å². The van der Waals surface area contributed by atoms with Crippen LogP contribution in [0.15, 0.2) is 28.5 Å². The summed E-state index contributed by atoms with van der Waals surface area (Å²) in [6.07, 6.45) is 3.46. The van der Waals surface area contributed by atoms with Crippen molar-refractivity contribution in [2.24, 2.45) is 10.7 Å². The summed E-state index contributed by atoms with van der Waals surface area (Å²) < 4.78 is 5.28. The summed E-state index contributed by atoms with van der Waals surface area (Å²) in [5.74, 6) is -0.331. The van der Waals surface area contributed by atoms with Crippen LogP contribution in [-0.4, -0.2) is 48.5 Å². The molecule has 0 bridgehead atoms. The van der Waals surface area contributed by atoms with Crippen LogP contribution in [-0.2, 0) is 9.53 Å². The highest BCUT2D eigenvalue weighted by molar-refractivity contribution is 6.52. The molecule has 2 aliphatic rings. The van der Waals surface area contributed by atoms with Gasteiger partial charge in [-0.05, 0) is 12.2 Å². The number of ether oxygens (including phenoxy) is 1. The first-order valence-corrected chi connectivity index (χ1v) is 5.78. The lowest BCUT2D eigenvalue weighted by atomic mass is 10.0. The van der Waals surface area contributed by atoms with Gasteiger partial charge >= 0.3 is 0 Å².